The summed E-state index contributed by atoms with van der Waals surface area (Å²) in [5.41, 5.74) is 1.23. The highest BCUT2D eigenvalue weighted by Crippen LogP contribution is 2.23. The minimum Gasteiger partial charge on any atom is -0.440 e. The number of rotatable bonds is 2. The van der Waals surface area contributed by atoms with E-state index in [0.717, 1.165) is 11.4 Å². The normalized spacial score (nSPS) is 23.2. The Morgan fingerprint density at radius 2 is 2.31 bits per heavy atom. The highest BCUT2D eigenvalue weighted by atomic mass is 32.2. The zero-order valence-electron chi connectivity index (χ0n) is 9.48. The first-order valence-electron chi connectivity index (χ1n) is 5.66. The molecule has 2 rings (SSSR count). The van der Waals surface area contributed by atoms with Gasteiger partial charge in [-0.15, -0.1) is 0 Å². The van der Waals surface area contributed by atoms with Crippen molar-refractivity contribution in [2.75, 3.05) is 13.6 Å². The fourth-order valence-corrected chi connectivity index (χ4v) is 2.72. The van der Waals surface area contributed by atoms with E-state index in [1.54, 1.807) is 7.05 Å². The summed E-state index contributed by atoms with van der Waals surface area (Å²) < 4.78 is 15.4. The largest absolute Gasteiger partial charge is 0.440 e. The molecule has 16 heavy (non-hydrogen) atoms. The van der Waals surface area contributed by atoms with Gasteiger partial charge in [0.15, 0.2) is 0 Å². The molecule has 1 atom stereocenters. The maximum atomic E-state index is 11.6. The van der Waals surface area contributed by atoms with Crippen molar-refractivity contribution in [3.8, 4) is 0 Å². The molecule has 1 aromatic rings. The van der Waals surface area contributed by atoms with Gasteiger partial charge in [0.05, 0.1) is 0 Å². The summed E-state index contributed by atoms with van der Waals surface area (Å²) >= 11 is 0. The van der Waals surface area contributed by atoms with Crippen LogP contribution in [0.3, 0.4) is 0 Å². The lowest BCUT2D eigenvalue weighted by Crippen LogP contribution is -2.26. The first-order valence-corrected chi connectivity index (χ1v) is 6.77. The van der Waals surface area contributed by atoms with Crippen molar-refractivity contribution in [2.24, 2.45) is 4.36 Å². The van der Waals surface area contributed by atoms with Gasteiger partial charge in [0.25, 0.3) is 0 Å². The van der Waals surface area contributed by atoms with Crippen LogP contribution in [0, 0.1) is 0 Å². The molecule has 0 bridgehead atoms. The number of nitrogens with one attached hydrogen (secondary N) is 1. The highest BCUT2D eigenvalue weighted by molar-refractivity contribution is 7.74. The van der Waals surface area contributed by atoms with Gasteiger partial charge in [-0.3, -0.25) is 0 Å². The zero-order chi connectivity index (χ0) is 11.4. The summed E-state index contributed by atoms with van der Waals surface area (Å²) in [7, 11) is 0.377. The molecule has 3 nitrogen and oxygen atoms in total. The molecule has 0 aromatic heterocycles. The lowest BCUT2D eigenvalue weighted by atomic mass is 9.98. The molecule has 0 amide bonds. The summed E-state index contributed by atoms with van der Waals surface area (Å²) in [6.45, 7) is 1.08. The van der Waals surface area contributed by atoms with Gasteiger partial charge in [-0.05, 0) is 24.9 Å². The van der Waals surface area contributed by atoms with Crippen molar-refractivity contribution >= 4 is 10.6 Å². The van der Waals surface area contributed by atoms with Gasteiger partial charge in [0.2, 0.25) is 0 Å². The summed E-state index contributed by atoms with van der Waals surface area (Å²) in [4.78, 5) is 0.798. The second-order valence-electron chi connectivity index (χ2n) is 4.01. The quantitative estimate of drug-likeness (QED) is 0.803. The molecule has 1 aliphatic rings. The fraction of sp³-hybridized carbons (Fsp3) is 0.500. The molecule has 1 saturated heterocycles. The van der Waals surface area contributed by atoms with Crippen LogP contribution >= 0.6 is 0 Å². The second-order valence-corrected chi connectivity index (χ2v) is 5.34. The second kappa shape index (κ2) is 5.46. The van der Waals surface area contributed by atoms with Crippen LogP contribution in [0.2, 0.25) is 0 Å². The molecule has 0 saturated carbocycles. The van der Waals surface area contributed by atoms with Crippen molar-refractivity contribution in [3.05, 3.63) is 29.8 Å². The minimum atomic E-state index is -1.21. The summed E-state index contributed by atoms with van der Waals surface area (Å²) in [5.74, 6) is 0. The van der Waals surface area contributed by atoms with Gasteiger partial charge >= 0.3 is 0 Å². The Morgan fingerprint density at radius 1 is 1.44 bits per heavy atom. The van der Waals surface area contributed by atoms with Gasteiger partial charge < -0.3 is 13.9 Å². The Kier molecular flexibility index (Phi) is 3.96. The van der Waals surface area contributed by atoms with Crippen LogP contribution in [0.15, 0.2) is 33.5 Å². The number of hydrogen-bond donors (Lipinski definition) is 1. The molecule has 1 fully saturated rings. The average Bonchev–Trinajstić information content (AvgIpc) is 2.39. The molecular formula is C12H17N2OS-. The first kappa shape index (κ1) is 11.6. The van der Waals surface area contributed by atoms with E-state index >= 15 is 0 Å². The lowest BCUT2D eigenvalue weighted by molar-refractivity contribution is 0.412. The lowest BCUT2D eigenvalue weighted by Gasteiger charge is -2.24. The molecule has 4 heteroatoms. The maximum absolute atomic E-state index is 11.6. The van der Waals surface area contributed by atoms with Crippen LogP contribution in [0.25, 0.3) is 0 Å². The Labute approximate surface area is 98.5 Å². The fourth-order valence-electron chi connectivity index (χ4n) is 2.08. The molecule has 1 aliphatic heterocycles. The van der Waals surface area contributed by atoms with Crippen molar-refractivity contribution in [1.82, 2.24) is 5.32 Å². The number of hydrogen-bond acceptors (Lipinski definition) is 4. The van der Waals surface area contributed by atoms with Crippen LogP contribution in [-0.2, 0) is 14.8 Å². The molecule has 1 unspecified atom stereocenters. The van der Waals surface area contributed by atoms with E-state index in [1.165, 1.54) is 24.8 Å². The van der Waals surface area contributed by atoms with Crippen LogP contribution in [0.4, 0.5) is 0 Å². The number of benzene rings is 1. The Hall–Kier alpha value is -0.870. The van der Waals surface area contributed by atoms with Gasteiger partial charge in [0.1, 0.15) is 0 Å². The van der Waals surface area contributed by atoms with Gasteiger partial charge in [-0.2, -0.15) is 10.6 Å². The van der Waals surface area contributed by atoms with Crippen LogP contribution in [0.1, 0.15) is 30.9 Å². The third-order valence-corrected chi connectivity index (χ3v) is 3.93. The molecular weight excluding hydrogens is 220 g/mol. The predicted octanol–water partition coefficient (Wildman–Crippen LogP) is 2.64. The maximum Gasteiger partial charge on any atom is 0.0319 e. The summed E-state index contributed by atoms with van der Waals surface area (Å²) in [5, 5.41) is 3.49. The monoisotopic (exact) mass is 237 g/mol. The van der Waals surface area contributed by atoms with Crippen LogP contribution < -0.4 is 5.32 Å². The van der Waals surface area contributed by atoms with E-state index in [1.807, 2.05) is 18.2 Å². The van der Waals surface area contributed by atoms with E-state index in [0.29, 0.717) is 6.04 Å². The van der Waals surface area contributed by atoms with E-state index in [-0.39, 0.29) is 0 Å². The zero-order valence-corrected chi connectivity index (χ0v) is 10.3. The molecule has 0 radical (unpaired) electrons. The van der Waals surface area contributed by atoms with Crippen LogP contribution in [0.5, 0.6) is 0 Å². The molecule has 1 heterocycles. The van der Waals surface area contributed by atoms with Crippen molar-refractivity contribution in [2.45, 2.75) is 30.2 Å². The topological polar surface area (TPSA) is 41.5 Å². The van der Waals surface area contributed by atoms with Gasteiger partial charge in [0, 0.05) is 13.1 Å². The Balaban J connectivity index is 2.24. The van der Waals surface area contributed by atoms with Crippen molar-refractivity contribution in [1.29, 1.82) is 0 Å². The predicted molar refractivity (Wildman–Crippen MR) is 65.7 cm³/mol. The van der Waals surface area contributed by atoms with E-state index in [4.69, 9.17) is 0 Å². The van der Waals surface area contributed by atoms with Crippen molar-refractivity contribution < 1.29 is 4.21 Å². The van der Waals surface area contributed by atoms with E-state index in [9.17, 15) is 4.21 Å². The highest BCUT2D eigenvalue weighted by Gasteiger charge is 2.13. The third kappa shape index (κ3) is 2.62. The molecule has 88 valence electrons. The number of nitrogens with zero attached hydrogens (tertiary/aromatic N) is 1. The van der Waals surface area contributed by atoms with Crippen LogP contribution in [-0.4, -0.2) is 13.6 Å². The molecule has 1 aromatic carbocycles. The minimum absolute atomic E-state index is 0.419. The third-order valence-electron chi connectivity index (χ3n) is 2.94. The van der Waals surface area contributed by atoms with E-state index in [2.05, 4.69) is 15.7 Å². The first-order chi connectivity index (χ1) is 7.81. The standard InChI is InChI=1S/C12H17N2OS/c1-13-16(15)11-6-4-5-10(9-11)12-7-2-3-8-14-12/h4-6,9,12,14H,2-3,7-8H2,1H3/q-1. The van der Waals surface area contributed by atoms with E-state index < -0.39 is 10.6 Å². The van der Waals surface area contributed by atoms with Gasteiger partial charge in [-0.25, -0.2) is 0 Å². The van der Waals surface area contributed by atoms with Gasteiger partial charge in [-0.1, -0.05) is 35.6 Å². The summed E-state index contributed by atoms with van der Waals surface area (Å²) in [6, 6.07) is 8.35. The Morgan fingerprint density at radius 3 is 3.00 bits per heavy atom. The number of piperidine rings is 1. The molecule has 1 N–H and O–H groups in total. The Bertz CT molecular complexity index is 432. The molecule has 0 aliphatic carbocycles. The molecule has 0 spiro atoms. The summed E-state index contributed by atoms with van der Waals surface area (Å²) in [6.07, 6.45) is 3.69. The average molecular weight is 237 g/mol. The SMILES string of the molecule is CN=[S-](=O)c1cccc(C2CCCCN2)c1. The van der Waals surface area contributed by atoms with Crippen molar-refractivity contribution in [3.63, 3.8) is 0 Å². The smallest absolute Gasteiger partial charge is 0.0319 e.